The second kappa shape index (κ2) is 7.57. The van der Waals surface area contributed by atoms with Gasteiger partial charge in [0.2, 0.25) is 0 Å². The predicted molar refractivity (Wildman–Crippen MR) is 89.4 cm³/mol. The van der Waals surface area contributed by atoms with Gasteiger partial charge in [0.25, 0.3) is 0 Å². The number of anilines is 1. The minimum atomic E-state index is -0.156. The maximum absolute atomic E-state index is 13.9. The van der Waals surface area contributed by atoms with Crippen LogP contribution in [0.4, 0.5) is 10.1 Å². The van der Waals surface area contributed by atoms with E-state index in [1.807, 2.05) is 30.3 Å². The molecule has 2 N–H and O–H groups in total. The minimum absolute atomic E-state index is 0.156. The fourth-order valence-electron chi connectivity index (χ4n) is 2.32. The SMILES string of the molecule is CCCN(Cc1ccc(N)cc1)Cc1cc(Br)ccc1F. The summed E-state index contributed by atoms with van der Waals surface area (Å²) in [5.41, 5.74) is 8.37. The van der Waals surface area contributed by atoms with Crippen molar-refractivity contribution in [1.82, 2.24) is 4.90 Å². The summed E-state index contributed by atoms with van der Waals surface area (Å²) in [5, 5.41) is 0. The van der Waals surface area contributed by atoms with Crippen molar-refractivity contribution in [2.24, 2.45) is 0 Å². The van der Waals surface area contributed by atoms with Gasteiger partial charge in [0.05, 0.1) is 0 Å². The third kappa shape index (κ3) is 4.83. The van der Waals surface area contributed by atoms with Crippen molar-refractivity contribution in [2.75, 3.05) is 12.3 Å². The van der Waals surface area contributed by atoms with Crippen LogP contribution in [-0.4, -0.2) is 11.4 Å². The monoisotopic (exact) mass is 350 g/mol. The van der Waals surface area contributed by atoms with Crippen LogP contribution in [0, 0.1) is 5.82 Å². The molecule has 4 heteroatoms. The second-order valence-corrected chi connectivity index (χ2v) is 6.10. The zero-order valence-electron chi connectivity index (χ0n) is 12.2. The van der Waals surface area contributed by atoms with Gasteiger partial charge in [0.1, 0.15) is 5.82 Å². The van der Waals surface area contributed by atoms with Gasteiger partial charge in [-0.1, -0.05) is 35.0 Å². The first-order valence-corrected chi connectivity index (χ1v) is 7.88. The van der Waals surface area contributed by atoms with Crippen molar-refractivity contribution >= 4 is 21.6 Å². The Kier molecular flexibility index (Phi) is 5.76. The molecule has 0 amide bonds. The molecule has 2 aromatic carbocycles. The van der Waals surface area contributed by atoms with E-state index >= 15 is 0 Å². The number of rotatable bonds is 6. The molecule has 0 saturated carbocycles. The first-order chi connectivity index (χ1) is 10.1. The maximum atomic E-state index is 13.9. The van der Waals surface area contributed by atoms with Gasteiger partial charge in [-0.05, 0) is 48.9 Å². The topological polar surface area (TPSA) is 29.3 Å². The lowest BCUT2D eigenvalue weighted by Crippen LogP contribution is -2.24. The molecule has 0 aliphatic carbocycles. The number of nitrogen functional groups attached to an aromatic ring is 1. The fourth-order valence-corrected chi connectivity index (χ4v) is 2.73. The summed E-state index contributed by atoms with van der Waals surface area (Å²) in [5.74, 6) is -0.156. The molecule has 2 rings (SSSR count). The number of nitrogens with two attached hydrogens (primary N) is 1. The van der Waals surface area contributed by atoms with Crippen molar-refractivity contribution < 1.29 is 4.39 Å². The van der Waals surface area contributed by atoms with Gasteiger partial charge >= 0.3 is 0 Å². The molecule has 0 saturated heterocycles. The lowest BCUT2D eigenvalue weighted by Gasteiger charge is -2.22. The summed E-state index contributed by atoms with van der Waals surface area (Å²) in [4.78, 5) is 2.25. The quantitative estimate of drug-likeness (QED) is 0.772. The summed E-state index contributed by atoms with van der Waals surface area (Å²) in [7, 11) is 0. The van der Waals surface area contributed by atoms with Crippen LogP contribution in [0.15, 0.2) is 46.9 Å². The molecule has 0 heterocycles. The second-order valence-electron chi connectivity index (χ2n) is 5.19. The summed E-state index contributed by atoms with van der Waals surface area (Å²) >= 11 is 3.40. The van der Waals surface area contributed by atoms with Crippen LogP contribution in [0.3, 0.4) is 0 Å². The molecule has 2 aromatic rings. The zero-order chi connectivity index (χ0) is 15.2. The fraction of sp³-hybridized carbons (Fsp3) is 0.294. The van der Waals surface area contributed by atoms with Gasteiger partial charge in [-0.25, -0.2) is 4.39 Å². The Bertz CT molecular complexity index is 584. The third-order valence-electron chi connectivity index (χ3n) is 3.33. The Morgan fingerprint density at radius 2 is 1.81 bits per heavy atom. The van der Waals surface area contributed by atoms with E-state index in [1.54, 1.807) is 6.07 Å². The average Bonchev–Trinajstić information content (AvgIpc) is 2.45. The molecule has 0 aromatic heterocycles. The van der Waals surface area contributed by atoms with E-state index in [4.69, 9.17) is 5.73 Å². The van der Waals surface area contributed by atoms with Crippen LogP contribution in [0.2, 0.25) is 0 Å². The highest BCUT2D eigenvalue weighted by Crippen LogP contribution is 2.19. The molecule has 0 fully saturated rings. The van der Waals surface area contributed by atoms with E-state index in [9.17, 15) is 4.39 Å². The van der Waals surface area contributed by atoms with Gasteiger partial charge in [-0.2, -0.15) is 0 Å². The number of hydrogen-bond acceptors (Lipinski definition) is 2. The van der Waals surface area contributed by atoms with Crippen LogP contribution in [-0.2, 0) is 13.1 Å². The Morgan fingerprint density at radius 1 is 1.10 bits per heavy atom. The van der Waals surface area contributed by atoms with E-state index in [0.29, 0.717) is 12.1 Å². The summed E-state index contributed by atoms with van der Waals surface area (Å²) in [6.07, 6.45) is 1.03. The zero-order valence-corrected chi connectivity index (χ0v) is 13.7. The van der Waals surface area contributed by atoms with Crippen molar-refractivity contribution in [3.05, 3.63) is 63.9 Å². The van der Waals surface area contributed by atoms with Crippen LogP contribution in [0.1, 0.15) is 24.5 Å². The van der Waals surface area contributed by atoms with E-state index < -0.39 is 0 Å². The van der Waals surface area contributed by atoms with Gasteiger partial charge < -0.3 is 5.73 Å². The summed E-state index contributed by atoms with van der Waals surface area (Å²) in [6.45, 7) is 4.45. The smallest absolute Gasteiger partial charge is 0.127 e. The molecular formula is C17H20BrFN2. The molecule has 0 atom stereocenters. The Labute approximate surface area is 133 Å². The largest absolute Gasteiger partial charge is 0.399 e. The number of hydrogen-bond donors (Lipinski definition) is 1. The molecule has 112 valence electrons. The third-order valence-corrected chi connectivity index (χ3v) is 3.82. The Balaban J connectivity index is 2.11. The lowest BCUT2D eigenvalue weighted by molar-refractivity contribution is 0.253. The predicted octanol–water partition coefficient (Wildman–Crippen LogP) is 4.58. The van der Waals surface area contributed by atoms with Crippen LogP contribution >= 0.6 is 15.9 Å². The highest BCUT2D eigenvalue weighted by atomic mass is 79.9. The molecule has 0 aliphatic rings. The molecule has 21 heavy (non-hydrogen) atoms. The van der Waals surface area contributed by atoms with E-state index in [-0.39, 0.29) is 5.82 Å². The minimum Gasteiger partial charge on any atom is -0.399 e. The maximum Gasteiger partial charge on any atom is 0.127 e. The molecule has 0 spiro atoms. The van der Waals surface area contributed by atoms with Gasteiger partial charge in [-0.15, -0.1) is 0 Å². The standard InChI is InChI=1S/C17H20BrFN2/c1-2-9-21(11-13-3-6-16(20)7-4-13)12-14-10-15(18)5-8-17(14)19/h3-8,10H,2,9,11-12,20H2,1H3. The van der Waals surface area contributed by atoms with Gasteiger partial charge in [-0.3, -0.25) is 4.90 Å². The number of halogens is 2. The Hall–Kier alpha value is -1.39. The molecule has 0 aliphatic heterocycles. The van der Waals surface area contributed by atoms with Crippen molar-refractivity contribution in [1.29, 1.82) is 0 Å². The highest BCUT2D eigenvalue weighted by Gasteiger charge is 2.10. The molecule has 0 unspecified atom stereocenters. The number of nitrogens with zero attached hydrogens (tertiary/aromatic N) is 1. The number of benzene rings is 2. The van der Waals surface area contributed by atoms with Crippen molar-refractivity contribution in [3.8, 4) is 0 Å². The van der Waals surface area contributed by atoms with Crippen molar-refractivity contribution in [3.63, 3.8) is 0 Å². The van der Waals surface area contributed by atoms with Crippen LogP contribution in [0.25, 0.3) is 0 Å². The van der Waals surface area contributed by atoms with Crippen molar-refractivity contribution in [2.45, 2.75) is 26.4 Å². The first kappa shape index (κ1) is 16.0. The summed E-state index contributed by atoms with van der Waals surface area (Å²) in [6, 6.07) is 12.9. The molecular weight excluding hydrogens is 331 g/mol. The first-order valence-electron chi connectivity index (χ1n) is 7.09. The van der Waals surface area contributed by atoms with Crippen LogP contribution < -0.4 is 5.73 Å². The van der Waals surface area contributed by atoms with E-state index in [1.165, 1.54) is 11.6 Å². The van der Waals surface area contributed by atoms with Gasteiger partial charge in [0, 0.05) is 28.8 Å². The lowest BCUT2D eigenvalue weighted by atomic mass is 10.1. The normalized spacial score (nSPS) is 11.0. The average molecular weight is 351 g/mol. The van der Waals surface area contributed by atoms with Crippen LogP contribution in [0.5, 0.6) is 0 Å². The Morgan fingerprint density at radius 3 is 2.48 bits per heavy atom. The van der Waals surface area contributed by atoms with Gasteiger partial charge in [0.15, 0.2) is 0 Å². The van der Waals surface area contributed by atoms with E-state index in [0.717, 1.165) is 29.7 Å². The molecule has 2 nitrogen and oxygen atoms in total. The molecule has 0 bridgehead atoms. The van der Waals surface area contributed by atoms with E-state index in [2.05, 4.69) is 27.8 Å². The highest BCUT2D eigenvalue weighted by molar-refractivity contribution is 9.10. The molecule has 0 radical (unpaired) electrons. The summed E-state index contributed by atoms with van der Waals surface area (Å²) < 4.78 is 14.8.